The summed E-state index contributed by atoms with van der Waals surface area (Å²) in [6, 6.07) is 2.96. The van der Waals surface area contributed by atoms with Crippen molar-refractivity contribution in [1.29, 1.82) is 5.26 Å². The molecule has 1 heterocycles. The minimum Gasteiger partial charge on any atom is -0.481 e. The molecule has 1 aromatic rings. The molecule has 0 bridgehead atoms. The SMILES string of the molecule is N#CC[C@@H](N)c1coc(O)c1. The summed E-state index contributed by atoms with van der Waals surface area (Å²) in [6.07, 6.45) is 1.57. The monoisotopic (exact) mass is 152 g/mol. The summed E-state index contributed by atoms with van der Waals surface area (Å²) in [4.78, 5) is 0. The third-order valence-electron chi connectivity index (χ3n) is 1.35. The summed E-state index contributed by atoms with van der Waals surface area (Å²) in [7, 11) is 0. The predicted octanol–water partition coefficient (Wildman–Crippen LogP) is 0.899. The van der Waals surface area contributed by atoms with Crippen LogP contribution >= 0.6 is 0 Å². The number of nitrogens with zero attached hydrogens (tertiary/aromatic N) is 1. The van der Waals surface area contributed by atoms with Crippen LogP contribution in [0.4, 0.5) is 0 Å². The van der Waals surface area contributed by atoms with E-state index in [1.54, 1.807) is 0 Å². The van der Waals surface area contributed by atoms with Crippen LogP contribution in [0.15, 0.2) is 16.7 Å². The van der Waals surface area contributed by atoms with Crippen LogP contribution in [0.25, 0.3) is 0 Å². The lowest BCUT2D eigenvalue weighted by molar-refractivity contribution is 0.332. The molecule has 1 aromatic heterocycles. The molecule has 0 aromatic carbocycles. The molecule has 0 amide bonds. The van der Waals surface area contributed by atoms with Gasteiger partial charge < -0.3 is 15.3 Å². The van der Waals surface area contributed by atoms with Crippen molar-refractivity contribution >= 4 is 0 Å². The molecule has 0 unspecified atom stereocenters. The first-order valence-electron chi connectivity index (χ1n) is 3.14. The second-order valence-corrected chi connectivity index (χ2v) is 2.19. The van der Waals surface area contributed by atoms with E-state index in [1.165, 1.54) is 12.3 Å². The van der Waals surface area contributed by atoms with E-state index in [4.69, 9.17) is 16.1 Å². The van der Waals surface area contributed by atoms with Gasteiger partial charge in [-0.25, -0.2) is 0 Å². The number of furan rings is 1. The minimum absolute atomic E-state index is 0.173. The lowest BCUT2D eigenvalue weighted by atomic mass is 10.1. The number of nitrogens with two attached hydrogens (primary N) is 1. The number of aromatic hydroxyl groups is 1. The zero-order valence-corrected chi connectivity index (χ0v) is 5.82. The van der Waals surface area contributed by atoms with E-state index in [1.807, 2.05) is 6.07 Å². The van der Waals surface area contributed by atoms with Gasteiger partial charge >= 0.3 is 0 Å². The second kappa shape index (κ2) is 3.08. The van der Waals surface area contributed by atoms with Crippen molar-refractivity contribution in [3.63, 3.8) is 0 Å². The maximum atomic E-state index is 8.77. The molecular weight excluding hydrogens is 144 g/mol. The van der Waals surface area contributed by atoms with Gasteiger partial charge in [0.05, 0.1) is 18.8 Å². The summed E-state index contributed by atoms with van der Waals surface area (Å²) >= 11 is 0. The Morgan fingerprint density at radius 1 is 1.82 bits per heavy atom. The molecular formula is C7H8N2O2. The summed E-state index contributed by atoms with van der Waals surface area (Å²) in [5, 5.41) is 17.0. The fourth-order valence-electron chi connectivity index (χ4n) is 0.750. The molecule has 4 heteroatoms. The molecule has 1 rings (SSSR count). The van der Waals surface area contributed by atoms with Crippen molar-refractivity contribution in [2.24, 2.45) is 5.73 Å². The number of hydrogen-bond donors (Lipinski definition) is 2. The summed E-state index contributed by atoms with van der Waals surface area (Å²) in [5.74, 6) is -0.173. The van der Waals surface area contributed by atoms with Crippen LogP contribution in [0.1, 0.15) is 18.0 Å². The lowest BCUT2D eigenvalue weighted by Gasteiger charge is -2.00. The zero-order chi connectivity index (χ0) is 8.27. The molecule has 11 heavy (non-hydrogen) atoms. The predicted molar refractivity (Wildman–Crippen MR) is 37.5 cm³/mol. The number of rotatable bonds is 2. The summed E-state index contributed by atoms with van der Waals surface area (Å²) in [5.41, 5.74) is 6.17. The largest absolute Gasteiger partial charge is 0.481 e. The Balaban J connectivity index is 2.70. The molecule has 0 saturated carbocycles. The van der Waals surface area contributed by atoms with E-state index in [0.717, 1.165) is 0 Å². The summed E-state index contributed by atoms with van der Waals surface area (Å²) < 4.78 is 4.60. The highest BCUT2D eigenvalue weighted by molar-refractivity contribution is 5.19. The van der Waals surface area contributed by atoms with E-state index >= 15 is 0 Å². The summed E-state index contributed by atoms with van der Waals surface area (Å²) in [6.45, 7) is 0. The number of nitriles is 1. The average molecular weight is 152 g/mol. The fraction of sp³-hybridized carbons (Fsp3) is 0.286. The van der Waals surface area contributed by atoms with Crippen molar-refractivity contribution in [3.05, 3.63) is 17.9 Å². The Hall–Kier alpha value is -1.47. The molecule has 58 valence electrons. The maximum Gasteiger partial charge on any atom is 0.282 e. The van der Waals surface area contributed by atoms with E-state index in [2.05, 4.69) is 4.42 Å². The molecule has 0 aliphatic rings. The lowest BCUT2D eigenvalue weighted by Crippen LogP contribution is -2.07. The molecule has 0 radical (unpaired) electrons. The Labute approximate surface area is 63.8 Å². The first-order chi connectivity index (χ1) is 5.24. The van der Waals surface area contributed by atoms with E-state index < -0.39 is 0 Å². The van der Waals surface area contributed by atoms with Gasteiger partial charge in [0.25, 0.3) is 5.95 Å². The normalized spacial score (nSPS) is 12.4. The average Bonchev–Trinajstić information content (AvgIpc) is 2.36. The van der Waals surface area contributed by atoms with Crippen molar-refractivity contribution < 1.29 is 9.52 Å². The molecule has 0 aliphatic heterocycles. The van der Waals surface area contributed by atoms with Gasteiger partial charge in [-0.2, -0.15) is 5.26 Å². The van der Waals surface area contributed by atoms with Gasteiger partial charge in [-0.05, 0) is 0 Å². The molecule has 1 atom stereocenters. The van der Waals surface area contributed by atoms with E-state index in [-0.39, 0.29) is 18.4 Å². The van der Waals surface area contributed by atoms with Crippen molar-refractivity contribution in [2.45, 2.75) is 12.5 Å². The molecule has 4 nitrogen and oxygen atoms in total. The molecule has 0 fully saturated rings. The van der Waals surface area contributed by atoms with Gasteiger partial charge in [-0.15, -0.1) is 0 Å². The third kappa shape index (κ3) is 1.72. The highest BCUT2D eigenvalue weighted by Crippen LogP contribution is 2.20. The van der Waals surface area contributed by atoms with Crippen LogP contribution in [0, 0.1) is 11.3 Å². The Morgan fingerprint density at radius 3 is 3.00 bits per heavy atom. The Kier molecular flexibility index (Phi) is 2.14. The Morgan fingerprint density at radius 2 is 2.55 bits per heavy atom. The van der Waals surface area contributed by atoms with E-state index in [9.17, 15) is 0 Å². The molecule has 3 N–H and O–H groups in total. The highest BCUT2D eigenvalue weighted by atomic mass is 16.5. The quantitative estimate of drug-likeness (QED) is 0.659. The van der Waals surface area contributed by atoms with Crippen LogP contribution in [0.3, 0.4) is 0 Å². The first-order valence-corrected chi connectivity index (χ1v) is 3.14. The first kappa shape index (κ1) is 7.63. The zero-order valence-electron chi connectivity index (χ0n) is 5.82. The van der Waals surface area contributed by atoms with Crippen molar-refractivity contribution in [1.82, 2.24) is 0 Å². The van der Waals surface area contributed by atoms with Crippen LogP contribution < -0.4 is 5.73 Å². The third-order valence-corrected chi connectivity index (χ3v) is 1.35. The molecule has 0 saturated heterocycles. The Bertz CT molecular complexity index is 274. The smallest absolute Gasteiger partial charge is 0.282 e. The van der Waals surface area contributed by atoms with Gasteiger partial charge in [-0.1, -0.05) is 0 Å². The van der Waals surface area contributed by atoms with Gasteiger partial charge in [0.1, 0.15) is 0 Å². The van der Waals surface area contributed by atoms with Crippen molar-refractivity contribution in [3.8, 4) is 12.0 Å². The van der Waals surface area contributed by atoms with Crippen LogP contribution in [0.5, 0.6) is 5.95 Å². The van der Waals surface area contributed by atoms with Crippen LogP contribution in [-0.4, -0.2) is 5.11 Å². The van der Waals surface area contributed by atoms with Gasteiger partial charge in [0, 0.05) is 17.7 Å². The van der Waals surface area contributed by atoms with Gasteiger partial charge in [0.2, 0.25) is 0 Å². The highest BCUT2D eigenvalue weighted by Gasteiger charge is 2.08. The minimum atomic E-state index is -0.371. The van der Waals surface area contributed by atoms with Gasteiger partial charge in [0.15, 0.2) is 0 Å². The molecule has 0 aliphatic carbocycles. The standard InChI is InChI=1S/C7H8N2O2/c8-2-1-6(9)5-3-7(10)11-4-5/h3-4,6,10H,1,9H2/t6-/m1/s1. The second-order valence-electron chi connectivity index (χ2n) is 2.19. The van der Waals surface area contributed by atoms with Crippen LogP contribution in [-0.2, 0) is 0 Å². The topological polar surface area (TPSA) is 83.2 Å². The van der Waals surface area contributed by atoms with Crippen LogP contribution in [0.2, 0.25) is 0 Å². The fourth-order valence-corrected chi connectivity index (χ4v) is 0.750. The molecule has 0 spiro atoms. The van der Waals surface area contributed by atoms with E-state index in [0.29, 0.717) is 5.56 Å². The van der Waals surface area contributed by atoms with Crippen molar-refractivity contribution in [2.75, 3.05) is 0 Å². The van der Waals surface area contributed by atoms with Gasteiger partial charge in [-0.3, -0.25) is 0 Å². The number of hydrogen-bond acceptors (Lipinski definition) is 4. The maximum absolute atomic E-state index is 8.77.